The quantitative estimate of drug-likeness (QED) is 0.653. The van der Waals surface area contributed by atoms with Gasteiger partial charge in [0, 0.05) is 12.5 Å². The van der Waals surface area contributed by atoms with E-state index in [1.165, 1.54) is 21.3 Å². The van der Waals surface area contributed by atoms with Gasteiger partial charge in [0.2, 0.25) is 5.75 Å². The third-order valence-corrected chi connectivity index (χ3v) is 5.56. The monoisotopic (exact) mass is 456 g/mol. The first-order valence-electron chi connectivity index (χ1n) is 10.2. The Bertz CT molecular complexity index is 951. The van der Waals surface area contributed by atoms with Gasteiger partial charge in [0.05, 0.1) is 33.6 Å². The van der Waals surface area contributed by atoms with Gasteiger partial charge in [-0.1, -0.05) is 6.92 Å². The highest BCUT2D eigenvalue weighted by atomic mass is 19.4. The molecule has 0 radical (unpaired) electrons. The van der Waals surface area contributed by atoms with Gasteiger partial charge >= 0.3 is 6.18 Å². The Labute approximate surface area is 184 Å². The van der Waals surface area contributed by atoms with Crippen LogP contribution in [-0.4, -0.2) is 49.2 Å². The van der Waals surface area contributed by atoms with Crippen LogP contribution in [0.3, 0.4) is 0 Å². The standard InChI is InChI=1S/C21H27F3N4O4/c1-6-11(2)26-20(29)13-10-25-28-17(21(22,23)24)9-14(27-19(13)28)12-7-15(30-3)18(32-5)16(8-12)31-4/h7-8,10-11,14,17,27H,6,9H2,1-5H3,(H,26,29)/t11-,14-,17-/m0/s1. The molecule has 0 saturated heterocycles. The lowest BCUT2D eigenvalue weighted by Crippen LogP contribution is -2.37. The number of halogens is 3. The molecule has 1 aromatic carbocycles. The summed E-state index contributed by atoms with van der Waals surface area (Å²) in [5.41, 5.74) is 0.547. The molecule has 2 aromatic rings. The number of amides is 1. The molecule has 1 aliphatic rings. The number of carbonyl (C=O) groups excluding carboxylic acids is 1. The fourth-order valence-electron chi connectivity index (χ4n) is 3.65. The lowest BCUT2D eigenvalue weighted by molar-refractivity contribution is -0.173. The number of methoxy groups -OCH3 is 3. The maximum absolute atomic E-state index is 13.9. The third-order valence-electron chi connectivity index (χ3n) is 5.56. The van der Waals surface area contributed by atoms with Crippen molar-refractivity contribution in [3.8, 4) is 17.2 Å². The Hall–Kier alpha value is -3.11. The number of rotatable bonds is 7. The molecule has 0 bridgehead atoms. The second kappa shape index (κ2) is 9.17. The molecule has 2 heterocycles. The summed E-state index contributed by atoms with van der Waals surface area (Å²) < 4.78 is 58.6. The molecule has 11 heteroatoms. The number of benzene rings is 1. The van der Waals surface area contributed by atoms with Crippen molar-refractivity contribution in [3.63, 3.8) is 0 Å². The predicted molar refractivity (Wildman–Crippen MR) is 112 cm³/mol. The number of hydrogen-bond donors (Lipinski definition) is 2. The number of aromatic nitrogens is 2. The Kier molecular flexibility index (Phi) is 6.75. The number of carbonyl (C=O) groups is 1. The van der Waals surface area contributed by atoms with Crippen LogP contribution in [0.5, 0.6) is 17.2 Å². The van der Waals surface area contributed by atoms with Gasteiger partial charge in [0.15, 0.2) is 17.5 Å². The summed E-state index contributed by atoms with van der Waals surface area (Å²) >= 11 is 0. The zero-order chi connectivity index (χ0) is 23.6. The number of ether oxygens (including phenoxy) is 3. The number of anilines is 1. The van der Waals surface area contributed by atoms with Crippen LogP contribution in [0.15, 0.2) is 18.3 Å². The molecule has 0 unspecified atom stereocenters. The summed E-state index contributed by atoms with van der Waals surface area (Å²) in [5, 5.41) is 9.72. The van der Waals surface area contributed by atoms with Crippen molar-refractivity contribution in [2.45, 2.75) is 51.0 Å². The van der Waals surface area contributed by atoms with Crippen LogP contribution < -0.4 is 24.8 Å². The highest BCUT2D eigenvalue weighted by molar-refractivity contribution is 5.99. The van der Waals surface area contributed by atoms with E-state index in [0.717, 1.165) is 10.9 Å². The molecule has 8 nitrogen and oxygen atoms in total. The smallest absolute Gasteiger partial charge is 0.410 e. The topological polar surface area (TPSA) is 86.6 Å². The van der Waals surface area contributed by atoms with Gasteiger partial charge in [-0.3, -0.25) is 4.79 Å². The minimum absolute atomic E-state index is 0.0122. The normalized spacial score (nSPS) is 18.9. The molecule has 1 aromatic heterocycles. The van der Waals surface area contributed by atoms with Crippen molar-refractivity contribution in [3.05, 3.63) is 29.5 Å². The van der Waals surface area contributed by atoms with E-state index in [-0.39, 0.29) is 23.8 Å². The summed E-state index contributed by atoms with van der Waals surface area (Å²) in [4.78, 5) is 12.7. The van der Waals surface area contributed by atoms with Crippen molar-refractivity contribution in [2.24, 2.45) is 0 Å². The first-order valence-corrected chi connectivity index (χ1v) is 10.2. The summed E-state index contributed by atoms with van der Waals surface area (Å²) in [7, 11) is 4.31. The van der Waals surface area contributed by atoms with Crippen molar-refractivity contribution < 1.29 is 32.2 Å². The number of fused-ring (bicyclic) bond motifs is 1. The Balaban J connectivity index is 2.06. The fourth-order valence-corrected chi connectivity index (χ4v) is 3.65. The van der Waals surface area contributed by atoms with Gasteiger partial charge < -0.3 is 24.8 Å². The average molecular weight is 456 g/mol. The summed E-state index contributed by atoms with van der Waals surface area (Å²) in [6, 6.07) is 0.364. The molecule has 3 atom stereocenters. The predicted octanol–water partition coefficient (Wildman–Crippen LogP) is 4.10. The minimum atomic E-state index is -4.56. The van der Waals surface area contributed by atoms with E-state index in [0.29, 0.717) is 29.2 Å². The van der Waals surface area contributed by atoms with E-state index in [9.17, 15) is 18.0 Å². The summed E-state index contributed by atoms with van der Waals surface area (Å²) in [6.07, 6.45) is -3.05. The molecule has 32 heavy (non-hydrogen) atoms. The van der Waals surface area contributed by atoms with Crippen LogP contribution in [0.1, 0.15) is 54.7 Å². The number of hydrogen-bond acceptors (Lipinski definition) is 6. The first-order chi connectivity index (χ1) is 15.1. The highest BCUT2D eigenvalue weighted by Crippen LogP contribution is 2.47. The van der Waals surface area contributed by atoms with Gasteiger partial charge in [-0.15, -0.1) is 0 Å². The van der Waals surface area contributed by atoms with E-state index in [2.05, 4.69) is 15.7 Å². The second-order valence-corrected chi connectivity index (χ2v) is 7.58. The zero-order valence-corrected chi connectivity index (χ0v) is 18.5. The Morgan fingerprint density at radius 1 is 1.25 bits per heavy atom. The summed E-state index contributed by atoms with van der Waals surface area (Å²) in [6.45, 7) is 3.72. The first kappa shape index (κ1) is 23.6. The van der Waals surface area contributed by atoms with Crippen LogP contribution in [0, 0.1) is 0 Å². The molecule has 0 spiro atoms. The molecule has 0 fully saturated rings. The van der Waals surface area contributed by atoms with Gasteiger partial charge in [-0.25, -0.2) is 4.68 Å². The van der Waals surface area contributed by atoms with Crippen molar-refractivity contribution in [1.82, 2.24) is 15.1 Å². The zero-order valence-electron chi connectivity index (χ0n) is 18.5. The number of nitrogens with zero attached hydrogens (tertiary/aromatic N) is 2. The van der Waals surface area contributed by atoms with Crippen molar-refractivity contribution >= 4 is 11.7 Å². The van der Waals surface area contributed by atoms with Crippen LogP contribution in [0.4, 0.5) is 19.0 Å². The number of nitrogens with one attached hydrogen (secondary N) is 2. The molecule has 176 valence electrons. The Morgan fingerprint density at radius 3 is 2.38 bits per heavy atom. The van der Waals surface area contributed by atoms with Crippen molar-refractivity contribution in [2.75, 3.05) is 26.6 Å². The van der Waals surface area contributed by atoms with Gasteiger partial charge in [0.1, 0.15) is 11.4 Å². The van der Waals surface area contributed by atoms with Crippen LogP contribution >= 0.6 is 0 Å². The molecule has 0 aliphatic carbocycles. The third kappa shape index (κ3) is 4.42. The van der Waals surface area contributed by atoms with Crippen molar-refractivity contribution in [1.29, 1.82) is 0 Å². The van der Waals surface area contributed by atoms with E-state index in [1.807, 2.05) is 13.8 Å². The summed E-state index contributed by atoms with van der Waals surface area (Å²) in [5.74, 6) is 0.500. The van der Waals surface area contributed by atoms with Crippen LogP contribution in [0.2, 0.25) is 0 Å². The van der Waals surface area contributed by atoms with Crippen LogP contribution in [-0.2, 0) is 0 Å². The lowest BCUT2D eigenvalue weighted by atomic mass is 9.95. The lowest BCUT2D eigenvalue weighted by Gasteiger charge is -2.34. The van der Waals surface area contributed by atoms with Gasteiger partial charge in [-0.2, -0.15) is 18.3 Å². The van der Waals surface area contributed by atoms with E-state index in [4.69, 9.17) is 14.2 Å². The van der Waals surface area contributed by atoms with E-state index < -0.39 is 24.2 Å². The minimum Gasteiger partial charge on any atom is -0.493 e. The van der Waals surface area contributed by atoms with Gasteiger partial charge in [-0.05, 0) is 31.0 Å². The van der Waals surface area contributed by atoms with Crippen LogP contribution in [0.25, 0.3) is 0 Å². The molecular weight excluding hydrogens is 429 g/mol. The maximum atomic E-state index is 13.9. The highest BCUT2D eigenvalue weighted by Gasteiger charge is 2.47. The molecule has 1 aliphatic heterocycles. The maximum Gasteiger partial charge on any atom is 0.410 e. The largest absolute Gasteiger partial charge is 0.493 e. The van der Waals surface area contributed by atoms with Gasteiger partial charge in [0.25, 0.3) is 5.91 Å². The average Bonchev–Trinajstić information content (AvgIpc) is 3.20. The SMILES string of the molecule is CC[C@H](C)NC(=O)c1cnn2c1N[C@H](c1cc(OC)c(OC)c(OC)c1)C[C@H]2C(F)(F)F. The molecule has 1 amide bonds. The molecule has 3 rings (SSSR count). The molecular formula is C21H27F3N4O4. The molecule has 0 saturated carbocycles. The second-order valence-electron chi connectivity index (χ2n) is 7.58. The molecule has 2 N–H and O–H groups in total. The fraction of sp³-hybridized carbons (Fsp3) is 0.524. The number of alkyl halides is 3. The van der Waals surface area contributed by atoms with E-state index >= 15 is 0 Å². The van der Waals surface area contributed by atoms with E-state index in [1.54, 1.807) is 12.1 Å². The Morgan fingerprint density at radius 2 is 1.88 bits per heavy atom.